The Balaban J connectivity index is 3.42. The number of hydrogen-bond donors (Lipinski definition) is 2. The first-order chi connectivity index (χ1) is 6.72. The summed E-state index contributed by atoms with van der Waals surface area (Å²) in [7, 11) is 1.58. The molecule has 0 rings (SSSR count). The van der Waals surface area contributed by atoms with Gasteiger partial charge in [0, 0.05) is 13.0 Å². The highest BCUT2D eigenvalue weighted by Crippen LogP contribution is 2.03. The first-order valence-corrected chi connectivity index (χ1v) is 4.83. The van der Waals surface area contributed by atoms with E-state index in [1.165, 1.54) is 0 Å². The van der Waals surface area contributed by atoms with Crippen LogP contribution in [0.3, 0.4) is 0 Å². The molecule has 0 radical (unpaired) electrons. The Labute approximate surface area is 84.9 Å². The second kappa shape index (κ2) is 8.93. The van der Waals surface area contributed by atoms with Crippen LogP contribution in [0.15, 0.2) is 0 Å². The molecule has 0 bridgehead atoms. The van der Waals surface area contributed by atoms with Crippen LogP contribution in [0.4, 0.5) is 0 Å². The number of ether oxygens (including phenoxy) is 1. The highest BCUT2D eigenvalue weighted by Gasteiger charge is 2.11. The number of hydroxylamine groups is 1. The Morgan fingerprint density at radius 1 is 1.50 bits per heavy atom. The maximum absolute atomic E-state index is 11.3. The van der Waals surface area contributed by atoms with Gasteiger partial charge in [-0.3, -0.25) is 9.63 Å². The molecular formula is C9H20N2O3. The van der Waals surface area contributed by atoms with Crippen LogP contribution in [0.2, 0.25) is 0 Å². The summed E-state index contributed by atoms with van der Waals surface area (Å²) < 4.78 is 4.76. The third kappa shape index (κ3) is 6.82. The summed E-state index contributed by atoms with van der Waals surface area (Å²) in [6, 6.07) is 0. The van der Waals surface area contributed by atoms with Crippen LogP contribution < -0.4 is 11.2 Å². The number of rotatable bonds is 8. The topological polar surface area (TPSA) is 73.6 Å². The van der Waals surface area contributed by atoms with Gasteiger partial charge >= 0.3 is 0 Å². The van der Waals surface area contributed by atoms with E-state index in [1.54, 1.807) is 7.11 Å². The molecule has 0 aromatic rings. The van der Waals surface area contributed by atoms with Gasteiger partial charge in [-0.2, -0.15) is 0 Å². The lowest BCUT2D eigenvalue weighted by Crippen LogP contribution is -2.30. The molecular weight excluding hydrogens is 184 g/mol. The Bertz CT molecular complexity index is 153. The molecule has 1 unspecified atom stereocenters. The fraction of sp³-hybridized carbons (Fsp3) is 0.889. The number of nitrogens with two attached hydrogens (primary N) is 1. The molecule has 0 aliphatic rings. The van der Waals surface area contributed by atoms with E-state index in [2.05, 4.69) is 5.48 Å². The first-order valence-electron chi connectivity index (χ1n) is 4.83. The number of nitrogens with one attached hydrogen (secondary N) is 1. The lowest BCUT2D eigenvalue weighted by Gasteiger charge is -2.10. The van der Waals surface area contributed by atoms with E-state index < -0.39 is 0 Å². The van der Waals surface area contributed by atoms with Crippen molar-refractivity contribution in [2.45, 2.75) is 19.8 Å². The maximum Gasteiger partial charge on any atom is 0.246 e. The largest absolute Gasteiger partial charge is 0.382 e. The summed E-state index contributed by atoms with van der Waals surface area (Å²) in [6.45, 7) is 3.30. The average molecular weight is 204 g/mol. The van der Waals surface area contributed by atoms with Crippen molar-refractivity contribution in [3.63, 3.8) is 0 Å². The lowest BCUT2D eigenvalue weighted by atomic mass is 10.1. The van der Waals surface area contributed by atoms with Crippen LogP contribution >= 0.6 is 0 Å². The van der Waals surface area contributed by atoms with Crippen molar-refractivity contribution in [3.05, 3.63) is 0 Å². The zero-order valence-corrected chi connectivity index (χ0v) is 8.91. The number of carbonyl (C=O) groups excluding carboxylic acids is 1. The average Bonchev–Trinajstić information content (AvgIpc) is 2.20. The second-order valence-corrected chi connectivity index (χ2v) is 3.14. The number of amides is 1. The molecule has 14 heavy (non-hydrogen) atoms. The molecule has 3 N–H and O–H groups in total. The van der Waals surface area contributed by atoms with Gasteiger partial charge < -0.3 is 10.5 Å². The molecule has 5 nitrogen and oxygen atoms in total. The highest BCUT2D eigenvalue weighted by atomic mass is 16.7. The van der Waals surface area contributed by atoms with Gasteiger partial charge in [0.05, 0.1) is 13.2 Å². The number of hydrogen-bond acceptors (Lipinski definition) is 4. The van der Waals surface area contributed by atoms with Crippen molar-refractivity contribution in [2.75, 3.05) is 26.9 Å². The van der Waals surface area contributed by atoms with E-state index in [4.69, 9.17) is 15.3 Å². The fourth-order valence-electron chi connectivity index (χ4n) is 0.903. The first kappa shape index (κ1) is 13.4. The van der Waals surface area contributed by atoms with Crippen LogP contribution in [0.1, 0.15) is 19.8 Å². The van der Waals surface area contributed by atoms with Crippen molar-refractivity contribution in [2.24, 2.45) is 11.7 Å². The Hall–Kier alpha value is -0.650. The van der Waals surface area contributed by atoms with Crippen molar-refractivity contribution >= 4 is 5.91 Å². The molecule has 0 aromatic heterocycles. The van der Waals surface area contributed by atoms with Crippen LogP contribution in [0.5, 0.6) is 0 Å². The van der Waals surface area contributed by atoms with E-state index in [1.807, 2.05) is 6.92 Å². The third-order valence-corrected chi connectivity index (χ3v) is 1.85. The van der Waals surface area contributed by atoms with Gasteiger partial charge in [0.25, 0.3) is 0 Å². The summed E-state index contributed by atoms with van der Waals surface area (Å²) >= 11 is 0. The summed E-state index contributed by atoms with van der Waals surface area (Å²) in [5.41, 5.74) is 7.70. The molecule has 1 atom stereocenters. The van der Waals surface area contributed by atoms with E-state index >= 15 is 0 Å². The van der Waals surface area contributed by atoms with E-state index in [9.17, 15) is 4.79 Å². The van der Waals surface area contributed by atoms with E-state index in [0.717, 1.165) is 12.8 Å². The zero-order chi connectivity index (χ0) is 10.8. The maximum atomic E-state index is 11.3. The lowest BCUT2D eigenvalue weighted by molar-refractivity contribution is -0.138. The van der Waals surface area contributed by atoms with Crippen LogP contribution in [0.25, 0.3) is 0 Å². The van der Waals surface area contributed by atoms with Crippen LogP contribution in [-0.2, 0) is 14.4 Å². The molecule has 0 spiro atoms. The van der Waals surface area contributed by atoms with Crippen molar-refractivity contribution in [3.8, 4) is 0 Å². The van der Waals surface area contributed by atoms with E-state index in [0.29, 0.717) is 19.8 Å². The predicted octanol–water partition coefficient (Wildman–Crippen LogP) is 0.0556. The van der Waals surface area contributed by atoms with Crippen LogP contribution in [0, 0.1) is 5.92 Å². The Morgan fingerprint density at radius 3 is 2.79 bits per heavy atom. The molecule has 0 saturated carbocycles. The summed E-state index contributed by atoms with van der Waals surface area (Å²) in [5.74, 6) is -0.157. The Kier molecular flexibility index (Phi) is 8.51. The monoisotopic (exact) mass is 204 g/mol. The summed E-state index contributed by atoms with van der Waals surface area (Å²) in [5, 5.41) is 0. The molecule has 0 aliphatic heterocycles. The van der Waals surface area contributed by atoms with Gasteiger partial charge in [-0.15, -0.1) is 0 Å². The smallest absolute Gasteiger partial charge is 0.246 e. The zero-order valence-electron chi connectivity index (χ0n) is 8.91. The minimum Gasteiger partial charge on any atom is -0.382 e. The van der Waals surface area contributed by atoms with Gasteiger partial charge in [-0.1, -0.05) is 6.92 Å². The number of methoxy groups -OCH3 is 1. The minimum absolute atomic E-state index is 0.0545. The minimum atomic E-state index is -0.102. The van der Waals surface area contributed by atoms with E-state index in [-0.39, 0.29) is 11.8 Å². The van der Waals surface area contributed by atoms with Crippen molar-refractivity contribution in [1.82, 2.24) is 5.48 Å². The van der Waals surface area contributed by atoms with Gasteiger partial charge in [0.1, 0.15) is 0 Å². The standard InChI is InChI=1S/C9H20N2O3/c1-8(4-3-5-10)9(12)11-14-7-6-13-2/h8H,3-7,10H2,1-2H3,(H,11,12). The third-order valence-electron chi connectivity index (χ3n) is 1.85. The summed E-state index contributed by atoms with van der Waals surface area (Å²) in [6.07, 6.45) is 1.64. The molecule has 1 amide bonds. The highest BCUT2D eigenvalue weighted by molar-refractivity contribution is 5.77. The van der Waals surface area contributed by atoms with Crippen molar-refractivity contribution < 1.29 is 14.4 Å². The van der Waals surface area contributed by atoms with Crippen molar-refractivity contribution in [1.29, 1.82) is 0 Å². The normalized spacial score (nSPS) is 12.5. The molecule has 0 aliphatic carbocycles. The SMILES string of the molecule is COCCONC(=O)C(C)CCCN. The molecule has 0 heterocycles. The van der Waals surface area contributed by atoms with Gasteiger partial charge in [0.15, 0.2) is 0 Å². The molecule has 84 valence electrons. The molecule has 0 fully saturated rings. The van der Waals surface area contributed by atoms with Gasteiger partial charge in [-0.25, -0.2) is 5.48 Å². The molecule has 0 aromatic carbocycles. The number of carbonyl (C=O) groups is 1. The Morgan fingerprint density at radius 2 is 2.21 bits per heavy atom. The fourth-order valence-corrected chi connectivity index (χ4v) is 0.903. The van der Waals surface area contributed by atoms with Crippen LogP contribution in [-0.4, -0.2) is 32.8 Å². The second-order valence-electron chi connectivity index (χ2n) is 3.14. The van der Waals surface area contributed by atoms with Gasteiger partial charge in [-0.05, 0) is 19.4 Å². The summed E-state index contributed by atoms with van der Waals surface area (Å²) in [4.78, 5) is 16.2. The van der Waals surface area contributed by atoms with Gasteiger partial charge in [0.2, 0.25) is 5.91 Å². The molecule has 0 saturated heterocycles. The predicted molar refractivity (Wildman–Crippen MR) is 53.4 cm³/mol. The quantitative estimate of drug-likeness (QED) is 0.433. The molecule has 5 heteroatoms.